The van der Waals surface area contributed by atoms with Crippen LogP contribution in [0, 0.1) is 5.41 Å². The molecule has 2 rings (SSSR count). The topological polar surface area (TPSA) is 95.7 Å². The summed E-state index contributed by atoms with van der Waals surface area (Å²) in [6.07, 6.45) is 2.13. The van der Waals surface area contributed by atoms with Gasteiger partial charge in [-0.3, -0.25) is 9.59 Å². The number of hydrogen-bond acceptors (Lipinski definition) is 4. The van der Waals surface area contributed by atoms with Gasteiger partial charge in [0, 0.05) is 19.5 Å². The Bertz CT molecular complexity index is 366. The number of aliphatic hydroxyl groups is 1. The third kappa shape index (κ3) is 2.60. The number of hydrogen-bond donors (Lipinski definition) is 3. The molecular weight excluding hydrogens is 246 g/mol. The molecule has 6 heteroatoms. The van der Waals surface area contributed by atoms with Gasteiger partial charge in [-0.05, 0) is 19.4 Å². The Kier molecular flexibility index (Phi) is 4.10. The predicted molar refractivity (Wildman–Crippen MR) is 70.1 cm³/mol. The Morgan fingerprint density at radius 1 is 1.53 bits per heavy atom. The lowest BCUT2D eigenvalue weighted by molar-refractivity contribution is -0.146. The van der Waals surface area contributed by atoms with Gasteiger partial charge in [0.2, 0.25) is 11.8 Å². The van der Waals surface area contributed by atoms with Gasteiger partial charge in [-0.1, -0.05) is 13.3 Å². The molecule has 0 aromatic carbocycles. The van der Waals surface area contributed by atoms with Gasteiger partial charge in [0.15, 0.2) is 0 Å². The molecule has 2 aliphatic heterocycles. The molecule has 4 N–H and O–H groups in total. The van der Waals surface area contributed by atoms with Crippen LogP contribution in [0.25, 0.3) is 0 Å². The number of amides is 2. The third-order valence-electron chi connectivity index (χ3n) is 4.29. The van der Waals surface area contributed by atoms with E-state index in [9.17, 15) is 14.7 Å². The van der Waals surface area contributed by atoms with E-state index in [0.717, 1.165) is 25.8 Å². The van der Waals surface area contributed by atoms with Crippen molar-refractivity contribution in [2.45, 2.75) is 44.8 Å². The van der Waals surface area contributed by atoms with Crippen molar-refractivity contribution in [3.05, 3.63) is 0 Å². The second kappa shape index (κ2) is 5.46. The van der Waals surface area contributed by atoms with E-state index in [1.54, 1.807) is 0 Å². The van der Waals surface area contributed by atoms with Crippen molar-refractivity contribution in [2.24, 2.45) is 11.1 Å². The highest BCUT2D eigenvalue weighted by molar-refractivity contribution is 5.90. The Balaban J connectivity index is 2.19. The first-order valence-corrected chi connectivity index (χ1v) is 6.99. The number of rotatable bonds is 4. The largest absolute Gasteiger partial charge is 0.391 e. The molecule has 2 fully saturated rings. The maximum absolute atomic E-state index is 12.8. The first-order chi connectivity index (χ1) is 9.00. The van der Waals surface area contributed by atoms with E-state index in [1.807, 2.05) is 0 Å². The average molecular weight is 269 g/mol. The quantitative estimate of drug-likeness (QED) is 0.623. The molecule has 0 spiro atoms. The Hall–Kier alpha value is -1.14. The number of primary amides is 1. The van der Waals surface area contributed by atoms with Crippen LogP contribution in [0.4, 0.5) is 0 Å². The molecule has 2 saturated heterocycles. The van der Waals surface area contributed by atoms with Crippen LogP contribution < -0.4 is 11.1 Å². The second-order valence-corrected chi connectivity index (χ2v) is 5.72. The van der Waals surface area contributed by atoms with Crippen LogP contribution in [0.3, 0.4) is 0 Å². The summed E-state index contributed by atoms with van der Waals surface area (Å²) < 4.78 is 0. The van der Waals surface area contributed by atoms with Crippen LogP contribution >= 0.6 is 0 Å². The predicted octanol–water partition coefficient (Wildman–Crippen LogP) is -0.787. The summed E-state index contributed by atoms with van der Waals surface area (Å²) in [7, 11) is 0. The van der Waals surface area contributed by atoms with Gasteiger partial charge in [0.05, 0.1) is 11.5 Å². The molecule has 6 nitrogen and oxygen atoms in total. The number of carbonyl (C=O) groups excluding carboxylic acids is 2. The Morgan fingerprint density at radius 2 is 2.26 bits per heavy atom. The molecule has 3 atom stereocenters. The van der Waals surface area contributed by atoms with Gasteiger partial charge in [-0.2, -0.15) is 0 Å². The van der Waals surface area contributed by atoms with Crippen molar-refractivity contribution in [1.82, 2.24) is 10.2 Å². The molecule has 0 bridgehead atoms. The lowest BCUT2D eigenvalue weighted by Gasteiger charge is -2.33. The zero-order valence-electron chi connectivity index (χ0n) is 11.4. The van der Waals surface area contributed by atoms with Crippen molar-refractivity contribution >= 4 is 11.8 Å². The first kappa shape index (κ1) is 14.3. The van der Waals surface area contributed by atoms with Crippen LogP contribution in [0.5, 0.6) is 0 Å². The van der Waals surface area contributed by atoms with Crippen LogP contribution in [-0.4, -0.2) is 53.6 Å². The molecule has 2 aliphatic rings. The summed E-state index contributed by atoms with van der Waals surface area (Å²) in [6.45, 7) is 3.75. The summed E-state index contributed by atoms with van der Waals surface area (Å²) >= 11 is 0. The number of nitrogens with one attached hydrogen (secondary N) is 1. The first-order valence-electron chi connectivity index (χ1n) is 6.99. The number of nitrogens with zero attached hydrogens (tertiary/aromatic N) is 1. The zero-order chi connectivity index (χ0) is 14.0. The molecule has 0 aromatic heterocycles. The van der Waals surface area contributed by atoms with Crippen LogP contribution in [-0.2, 0) is 9.59 Å². The summed E-state index contributed by atoms with van der Waals surface area (Å²) in [5.74, 6) is -0.554. The van der Waals surface area contributed by atoms with Gasteiger partial charge in [0.25, 0.3) is 0 Å². The van der Waals surface area contributed by atoms with Gasteiger partial charge in [-0.25, -0.2) is 0 Å². The average Bonchev–Trinajstić information content (AvgIpc) is 2.96. The fraction of sp³-hybridized carbons (Fsp3) is 0.846. The lowest BCUT2D eigenvalue weighted by Crippen LogP contribution is -2.51. The van der Waals surface area contributed by atoms with E-state index >= 15 is 0 Å². The van der Waals surface area contributed by atoms with E-state index in [4.69, 9.17) is 5.73 Å². The van der Waals surface area contributed by atoms with Crippen molar-refractivity contribution in [3.63, 3.8) is 0 Å². The highest BCUT2D eigenvalue weighted by Crippen LogP contribution is 2.35. The van der Waals surface area contributed by atoms with Crippen molar-refractivity contribution < 1.29 is 14.7 Å². The van der Waals surface area contributed by atoms with Crippen molar-refractivity contribution in [1.29, 1.82) is 0 Å². The molecule has 0 aliphatic carbocycles. The molecule has 0 aromatic rings. The van der Waals surface area contributed by atoms with Crippen LogP contribution in [0.2, 0.25) is 0 Å². The molecular formula is C13H23N3O3. The van der Waals surface area contributed by atoms with Crippen molar-refractivity contribution in [3.8, 4) is 0 Å². The maximum Gasteiger partial charge on any atom is 0.240 e. The van der Waals surface area contributed by atoms with E-state index < -0.39 is 23.5 Å². The van der Waals surface area contributed by atoms with E-state index in [-0.39, 0.29) is 18.9 Å². The lowest BCUT2D eigenvalue weighted by atomic mass is 9.81. The highest BCUT2D eigenvalue weighted by Gasteiger charge is 2.48. The van der Waals surface area contributed by atoms with Crippen molar-refractivity contribution in [2.75, 3.05) is 19.6 Å². The highest BCUT2D eigenvalue weighted by atomic mass is 16.3. The number of likely N-dealkylation sites (tertiary alicyclic amines) is 1. The van der Waals surface area contributed by atoms with E-state index in [2.05, 4.69) is 12.2 Å². The minimum absolute atomic E-state index is 0.0281. The Labute approximate surface area is 113 Å². The second-order valence-electron chi connectivity index (χ2n) is 5.72. The summed E-state index contributed by atoms with van der Waals surface area (Å²) in [4.78, 5) is 25.7. The zero-order valence-corrected chi connectivity index (χ0v) is 11.4. The van der Waals surface area contributed by atoms with Gasteiger partial charge in [0.1, 0.15) is 6.04 Å². The molecule has 0 radical (unpaired) electrons. The molecule has 2 amide bonds. The number of carbonyl (C=O) groups is 2. The van der Waals surface area contributed by atoms with Gasteiger partial charge >= 0.3 is 0 Å². The maximum atomic E-state index is 12.8. The third-order valence-corrected chi connectivity index (χ3v) is 4.29. The summed E-state index contributed by atoms with van der Waals surface area (Å²) in [6, 6.07) is -0.656. The Morgan fingerprint density at radius 3 is 2.79 bits per heavy atom. The number of nitrogens with two attached hydrogens (primary N) is 1. The minimum Gasteiger partial charge on any atom is -0.391 e. The monoisotopic (exact) mass is 269 g/mol. The SMILES string of the molecule is CCCC1(C(=O)N2CC(O)CC2C(N)=O)CCNC1. The summed E-state index contributed by atoms with van der Waals surface area (Å²) in [5.41, 5.74) is 4.92. The van der Waals surface area contributed by atoms with Crippen LogP contribution in [0.1, 0.15) is 32.6 Å². The number of β-amino-alcohol motifs (C(OH)–C–C–N with tert-alkyl or cyclic N) is 1. The van der Waals surface area contributed by atoms with E-state index in [1.165, 1.54) is 4.90 Å². The molecule has 0 saturated carbocycles. The fourth-order valence-corrected chi connectivity index (χ4v) is 3.34. The van der Waals surface area contributed by atoms with Gasteiger partial charge in [-0.15, -0.1) is 0 Å². The minimum atomic E-state index is -0.656. The number of aliphatic hydroxyl groups excluding tert-OH is 1. The normalized spacial score (nSPS) is 34.7. The van der Waals surface area contributed by atoms with E-state index in [0.29, 0.717) is 6.54 Å². The summed E-state index contributed by atoms with van der Waals surface area (Å²) in [5, 5.41) is 12.9. The van der Waals surface area contributed by atoms with Crippen LogP contribution in [0.15, 0.2) is 0 Å². The molecule has 3 unspecified atom stereocenters. The van der Waals surface area contributed by atoms with Gasteiger partial charge < -0.3 is 21.1 Å². The molecule has 19 heavy (non-hydrogen) atoms. The fourth-order valence-electron chi connectivity index (χ4n) is 3.34. The molecule has 2 heterocycles. The molecule has 108 valence electrons. The standard InChI is InChI=1S/C13H23N3O3/c1-2-3-13(4-5-15-8-13)12(19)16-7-9(17)6-10(16)11(14)18/h9-10,15,17H,2-8H2,1H3,(H2,14,18). The smallest absolute Gasteiger partial charge is 0.240 e.